The molecule has 1 saturated heterocycles. The summed E-state index contributed by atoms with van der Waals surface area (Å²) in [4.78, 5) is 11.8. The highest BCUT2D eigenvalue weighted by molar-refractivity contribution is 5.89. The fraction of sp³-hybridized carbons (Fsp3) is 0.607. The average Bonchev–Trinajstić information content (AvgIpc) is 2.75. The number of ether oxygens (including phenoxy) is 1. The Morgan fingerprint density at radius 3 is 2.53 bits per heavy atom. The molecule has 2 N–H and O–H groups in total. The van der Waals surface area contributed by atoms with Crippen LogP contribution < -0.4 is 10.1 Å². The monoisotopic (exact) mass is 437 g/mol. The molecule has 2 aliphatic rings. The summed E-state index contributed by atoms with van der Waals surface area (Å²) in [5.41, 5.74) is 0.895. The van der Waals surface area contributed by atoms with Crippen molar-refractivity contribution in [2.24, 2.45) is 16.7 Å². The third-order valence-corrected chi connectivity index (χ3v) is 7.93. The molecule has 0 radical (unpaired) electrons. The molecule has 4 heteroatoms. The SMILES string of the molecule is CC1(C(=O)O)CCNC(Cc2ccc3ccccc3c2OC2CCC(C(C)(C)C)CC2)C1. The number of rotatable bonds is 5. The number of hydrogen-bond acceptors (Lipinski definition) is 3. The van der Waals surface area contributed by atoms with Crippen molar-refractivity contribution in [3.63, 3.8) is 0 Å². The van der Waals surface area contributed by atoms with Gasteiger partial charge in [0.05, 0.1) is 11.5 Å². The molecule has 1 heterocycles. The van der Waals surface area contributed by atoms with Crippen LogP contribution in [0.3, 0.4) is 0 Å². The lowest BCUT2D eigenvalue weighted by atomic mass is 9.72. The Bertz CT molecular complexity index is 955. The molecule has 2 unspecified atom stereocenters. The topological polar surface area (TPSA) is 58.6 Å². The van der Waals surface area contributed by atoms with E-state index in [0.717, 1.165) is 37.5 Å². The fourth-order valence-electron chi connectivity index (χ4n) is 5.68. The Hall–Kier alpha value is -2.07. The van der Waals surface area contributed by atoms with E-state index >= 15 is 0 Å². The van der Waals surface area contributed by atoms with Gasteiger partial charge in [0.2, 0.25) is 0 Å². The smallest absolute Gasteiger partial charge is 0.309 e. The molecule has 0 amide bonds. The molecule has 1 aliphatic carbocycles. The number of carboxylic acids is 1. The second-order valence-corrected chi connectivity index (χ2v) is 11.4. The minimum atomic E-state index is -0.686. The van der Waals surface area contributed by atoms with Crippen LogP contribution in [0.1, 0.15) is 71.8 Å². The molecule has 4 nitrogen and oxygen atoms in total. The average molecular weight is 438 g/mol. The van der Waals surface area contributed by atoms with Gasteiger partial charge < -0.3 is 15.2 Å². The molecule has 1 aliphatic heterocycles. The lowest BCUT2D eigenvalue weighted by Gasteiger charge is -2.38. The molecule has 0 spiro atoms. The number of nitrogens with one attached hydrogen (secondary N) is 1. The van der Waals surface area contributed by atoms with Gasteiger partial charge in [-0.2, -0.15) is 0 Å². The molecule has 0 aromatic heterocycles. The van der Waals surface area contributed by atoms with Crippen LogP contribution >= 0.6 is 0 Å². The summed E-state index contributed by atoms with van der Waals surface area (Å²) in [6, 6.07) is 13.0. The van der Waals surface area contributed by atoms with Crippen molar-refractivity contribution in [2.45, 2.75) is 84.8 Å². The zero-order valence-corrected chi connectivity index (χ0v) is 20.1. The van der Waals surface area contributed by atoms with Crippen LogP contribution in [0, 0.1) is 16.7 Å². The number of carboxylic acid groups (broad SMARTS) is 1. The molecule has 2 atom stereocenters. The van der Waals surface area contributed by atoms with Crippen LogP contribution in [-0.2, 0) is 11.2 Å². The van der Waals surface area contributed by atoms with Gasteiger partial charge >= 0.3 is 5.97 Å². The predicted octanol–water partition coefficient (Wildman–Crippen LogP) is 6.21. The van der Waals surface area contributed by atoms with Crippen molar-refractivity contribution in [2.75, 3.05) is 6.54 Å². The zero-order valence-electron chi connectivity index (χ0n) is 20.1. The minimum Gasteiger partial charge on any atom is -0.489 e. The molecule has 2 aromatic carbocycles. The number of benzene rings is 2. The van der Waals surface area contributed by atoms with Gasteiger partial charge in [0.15, 0.2) is 0 Å². The summed E-state index contributed by atoms with van der Waals surface area (Å²) in [5, 5.41) is 15.6. The first-order chi connectivity index (χ1) is 15.2. The summed E-state index contributed by atoms with van der Waals surface area (Å²) in [7, 11) is 0. The Morgan fingerprint density at radius 1 is 1.12 bits per heavy atom. The Morgan fingerprint density at radius 2 is 1.84 bits per heavy atom. The maximum absolute atomic E-state index is 11.8. The van der Waals surface area contributed by atoms with Crippen molar-refractivity contribution in [3.8, 4) is 5.75 Å². The fourth-order valence-corrected chi connectivity index (χ4v) is 5.68. The highest BCUT2D eigenvalue weighted by atomic mass is 16.5. The standard InChI is InChI=1S/C28H39NO3/c1-27(2,3)21-11-13-23(14-12-21)32-25-20(10-9-19-7-5-6-8-24(19)25)17-22-18-28(4,26(30)31)15-16-29-22/h5-10,21-23,29H,11-18H2,1-4H3,(H,30,31). The van der Waals surface area contributed by atoms with Crippen LogP contribution in [0.5, 0.6) is 5.75 Å². The summed E-state index contributed by atoms with van der Waals surface area (Å²) in [6.45, 7) is 9.68. The highest BCUT2D eigenvalue weighted by Gasteiger charge is 2.39. The van der Waals surface area contributed by atoms with E-state index < -0.39 is 11.4 Å². The first-order valence-corrected chi connectivity index (χ1v) is 12.3. The van der Waals surface area contributed by atoms with Gasteiger partial charge in [-0.3, -0.25) is 4.79 Å². The van der Waals surface area contributed by atoms with Crippen LogP contribution in [0.4, 0.5) is 0 Å². The first-order valence-electron chi connectivity index (χ1n) is 12.3. The van der Waals surface area contributed by atoms with E-state index in [9.17, 15) is 9.90 Å². The van der Waals surface area contributed by atoms with Crippen molar-refractivity contribution < 1.29 is 14.6 Å². The Kier molecular flexibility index (Phi) is 6.53. The second kappa shape index (κ2) is 9.05. The maximum Gasteiger partial charge on any atom is 0.309 e. The van der Waals surface area contributed by atoms with Crippen molar-refractivity contribution in [1.29, 1.82) is 0 Å². The summed E-state index contributed by atoms with van der Waals surface area (Å²) < 4.78 is 6.76. The molecule has 2 fully saturated rings. The summed E-state index contributed by atoms with van der Waals surface area (Å²) in [6.07, 6.45) is 7.00. The van der Waals surface area contributed by atoms with E-state index in [4.69, 9.17) is 4.74 Å². The van der Waals surface area contributed by atoms with E-state index in [1.165, 1.54) is 29.2 Å². The lowest BCUT2D eigenvalue weighted by Crippen LogP contribution is -2.47. The molecule has 32 heavy (non-hydrogen) atoms. The van der Waals surface area contributed by atoms with E-state index in [1.54, 1.807) is 0 Å². The highest BCUT2D eigenvalue weighted by Crippen LogP contribution is 2.41. The number of piperidine rings is 1. The van der Waals surface area contributed by atoms with Crippen molar-refractivity contribution in [3.05, 3.63) is 42.0 Å². The number of fused-ring (bicyclic) bond motifs is 1. The van der Waals surface area contributed by atoms with Gasteiger partial charge in [0.1, 0.15) is 5.75 Å². The van der Waals surface area contributed by atoms with Gasteiger partial charge in [-0.05, 0) is 80.7 Å². The number of aliphatic carboxylic acids is 1. The number of carbonyl (C=O) groups is 1. The van der Waals surface area contributed by atoms with Crippen LogP contribution in [0.2, 0.25) is 0 Å². The van der Waals surface area contributed by atoms with Crippen LogP contribution in [0.25, 0.3) is 10.8 Å². The normalized spacial score (nSPS) is 29.1. The van der Waals surface area contributed by atoms with Crippen molar-refractivity contribution in [1.82, 2.24) is 5.32 Å². The van der Waals surface area contributed by atoms with Crippen LogP contribution in [-0.4, -0.2) is 29.8 Å². The van der Waals surface area contributed by atoms with Gasteiger partial charge in [-0.25, -0.2) is 0 Å². The Labute approximate surface area is 192 Å². The van der Waals surface area contributed by atoms with E-state index in [2.05, 4.69) is 62.5 Å². The van der Waals surface area contributed by atoms with Gasteiger partial charge in [0.25, 0.3) is 0 Å². The van der Waals surface area contributed by atoms with Crippen LogP contribution in [0.15, 0.2) is 36.4 Å². The minimum absolute atomic E-state index is 0.144. The lowest BCUT2D eigenvalue weighted by molar-refractivity contribution is -0.150. The molecule has 1 saturated carbocycles. The zero-order chi connectivity index (χ0) is 22.9. The third-order valence-electron chi connectivity index (χ3n) is 7.93. The Balaban J connectivity index is 1.56. The quantitative estimate of drug-likeness (QED) is 0.584. The van der Waals surface area contributed by atoms with Crippen molar-refractivity contribution >= 4 is 16.7 Å². The van der Waals surface area contributed by atoms with Gasteiger partial charge in [0, 0.05) is 11.4 Å². The van der Waals surface area contributed by atoms with E-state index in [0.29, 0.717) is 18.3 Å². The summed E-state index contributed by atoms with van der Waals surface area (Å²) in [5.74, 6) is 1.08. The molecule has 0 bridgehead atoms. The van der Waals surface area contributed by atoms with E-state index in [1.807, 2.05) is 6.92 Å². The number of hydrogen-bond donors (Lipinski definition) is 2. The van der Waals surface area contributed by atoms with Gasteiger partial charge in [-0.1, -0.05) is 57.2 Å². The largest absolute Gasteiger partial charge is 0.489 e. The predicted molar refractivity (Wildman–Crippen MR) is 130 cm³/mol. The first kappa shape index (κ1) is 23.1. The van der Waals surface area contributed by atoms with Gasteiger partial charge in [-0.15, -0.1) is 0 Å². The maximum atomic E-state index is 11.8. The molecular formula is C28H39NO3. The third kappa shape index (κ3) is 4.96. The second-order valence-electron chi connectivity index (χ2n) is 11.4. The molecule has 2 aromatic rings. The molecule has 4 rings (SSSR count). The molecular weight excluding hydrogens is 398 g/mol. The van der Waals surface area contributed by atoms with E-state index in [-0.39, 0.29) is 12.1 Å². The summed E-state index contributed by atoms with van der Waals surface area (Å²) >= 11 is 0. The molecule has 174 valence electrons.